The molecule has 1 saturated heterocycles. The van der Waals surface area contributed by atoms with Crippen molar-refractivity contribution in [1.29, 1.82) is 0 Å². The van der Waals surface area contributed by atoms with E-state index in [1.54, 1.807) is 25.4 Å². The van der Waals surface area contributed by atoms with Crippen molar-refractivity contribution >= 4 is 17.2 Å². The lowest BCUT2D eigenvalue weighted by Crippen LogP contribution is -2.47. The van der Waals surface area contributed by atoms with Gasteiger partial charge < -0.3 is 9.80 Å². The van der Waals surface area contributed by atoms with Crippen LogP contribution in [0.4, 0.5) is 11.6 Å². The maximum Gasteiger partial charge on any atom is 0.266 e. The molecule has 0 spiro atoms. The van der Waals surface area contributed by atoms with Crippen LogP contribution < -0.4 is 15.4 Å². The van der Waals surface area contributed by atoms with E-state index < -0.39 is 0 Å². The van der Waals surface area contributed by atoms with Gasteiger partial charge in [-0.05, 0) is 19.1 Å². The molecular formula is C16H19N7O. The van der Waals surface area contributed by atoms with Crippen molar-refractivity contribution in [3.63, 3.8) is 0 Å². The Morgan fingerprint density at radius 3 is 2.54 bits per heavy atom. The highest BCUT2D eigenvalue weighted by molar-refractivity contribution is 5.69. The summed E-state index contributed by atoms with van der Waals surface area (Å²) in [5, 5.41) is 8.78. The molecule has 1 aliphatic rings. The molecule has 1 aliphatic heterocycles. The molecule has 0 aliphatic carbocycles. The lowest BCUT2D eigenvalue weighted by molar-refractivity contribution is 0.620. The summed E-state index contributed by atoms with van der Waals surface area (Å²) in [6.07, 6.45) is 3.66. The van der Waals surface area contributed by atoms with Gasteiger partial charge in [0.05, 0.1) is 5.69 Å². The van der Waals surface area contributed by atoms with Crippen LogP contribution in [0.3, 0.4) is 0 Å². The molecule has 0 N–H and O–H groups in total. The van der Waals surface area contributed by atoms with Crippen molar-refractivity contribution in [2.24, 2.45) is 7.05 Å². The van der Waals surface area contributed by atoms with E-state index in [4.69, 9.17) is 0 Å². The van der Waals surface area contributed by atoms with Gasteiger partial charge in [0.2, 0.25) is 0 Å². The number of aryl methyl sites for hydroxylation is 2. The van der Waals surface area contributed by atoms with Crippen molar-refractivity contribution in [3.05, 3.63) is 46.6 Å². The van der Waals surface area contributed by atoms with E-state index in [2.05, 4.69) is 31.0 Å². The van der Waals surface area contributed by atoms with Crippen molar-refractivity contribution in [2.75, 3.05) is 36.0 Å². The number of nitrogens with zero attached hydrogens (tertiary/aromatic N) is 7. The van der Waals surface area contributed by atoms with E-state index in [9.17, 15) is 4.79 Å². The van der Waals surface area contributed by atoms with Crippen LogP contribution in [0.1, 0.15) is 5.69 Å². The molecule has 3 aromatic rings. The fraction of sp³-hybridized carbons (Fsp3) is 0.375. The largest absolute Gasteiger partial charge is 0.352 e. The minimum atomic E-state index is -0.0932. The minimum Gasteiger partial charge on any atom is -0.352 e. The molecule has 0 bridgehead atoms. The fourth-order valence-corrected chi connectivity index (χ4v) is 3.08. The summed E-state index contributed by atoms with van der Waals surface area (Å²) in [5.74, 6) is 1.80. The number of anilines is 2. The quantitative estimate of drug-likeness (QED) is 0.682. The number of fused-ring (bicyclic) bond motifs is 1. The number of hydrogen-bond donors (Lipinski definition) is 0. The van der Waals surface area contributed by atoms with Gasteiger partial charge in [-0.3, -0.25) is 4.79 Å². The molecular weight excluding hydrogens is 306 g/mol. The third-order valence-electron chi connectivity index (χ3n) is 4.34. The van der Waals surface area contributed by atoms with Gasteiger partial charge >= 0.3 is 0 Å². The first kappa shape index (κ1) is 14.7. The summed E-state index contributed by atoms with van der Waals surface area (Å²) in [6.45, 7) is 5.35. The number of rotatable bonds is 2. The summed E-state index contributed by atoms with van der Waals surface area (Å²) in [4.78, 5) is 20.5. The highest BCUT2D eigenvalue weighted by Crippen LogP contribution is 2.22. The van der Waals surface area contributed by atoms with E-state index >= 15 is 0 Å². The van der Waals surface area contributed by atoms with Gasteiger partial charge in [-0.1, -0.05) is 0 Å². The lowest BCUT2D eigenvalue weighted by atomic mass is 10.3. The lowest BCUT2D eigenvalue weighted by Gasteiger charge is -2.36. The van der Waals surface area contributed by atoms with E-state index in [0.717, 1.165) is 49.0 Å². The Bertz CT molecular complexity index is 937. The third-order valence-corrected chi connectivity index (χ3v) is 4.34. The fourth-order valence-electron chi connectivity index (χ4n) is 3.08. The summed E-state index contributed by atoms with van der Waals surface area (Å²) >= 11 is 0. The van der Waals surface area contributed by atoms with E-state index in [1.807, 2.05) is 17.6 Å². The first-order chi connectivity index (χ1) is 11.6. The van der Waals surface area contributed by atoms with E-state index in [1.165, 1.54) is 4.68 Å². The molecule has 0 amide bonds. The smallest absolute Gasteiger partial charge is 0.266 e. The second-order valence-corrected chi connectivity index (χ2v) is 5.99. The van der Waals surface area contributed by atoms with Gasteiger partial charge in [-0.2, -0.15) is 10.2 Å². The molecule has 0 saturated carbocycles. The van der Waals surface area contributed by atoms with Gasteiger partial charge in [0, 0.05) is 51.7 Å². The molecule has 0 radical (unpaired) electrons. The van der Waals surface area contributed by atoms with Gasteiger partial charge in [0.15, 0.2) is 5.82 Å². The Hall–Kier alpha value is -2.90. The van der Waals surface area contributed by atoms with Gasteiger partial charge in [0.1, 0.15) is 11.3 Å². The van der Waals surface area contributed by atoms with Crippen LogP contribution in [0.2, 0.25) is 0 Å². The van der Waals surface area contributed by atoms with Crippen LogP contribution in [0.15, 0.2) is 35.4 Å². The van der Waals surface area contributed by atoms with E-state index in [-0.39, 0.29) is 5.56 Å². The molecule has 3 aromatic heterocycles. The van der Waals surface area contributed by atoms with E-state index in [0.29, 0.717) is 0 Å². The Morgan fingerprint density at radius 2 is 1.79 bits per heavy atom. The van der Waals surface area contributed by atoms with Crippen LogP contribution in [0.5, 0.6) is 0 Å². The summed E-state index contributed by atoms with van der Waals surface area (Å²) in [7, 11) is 1.68. The molecule has 1 fully saturated rings. The van der Waals surface area contributed by atoms with Gasteiger partial charge in [-0.25, -0.2) is 14.2 Å². The summed E-state index contributed by atoms with van der Waals surface area (Å²) < 4.78 is 3.25. The minimum absolute atomic E-state index is 0.0932. The van der Waals surface area contributed by atoms with Gasteiger partial charge in [0.25, 0.3) is 5.56 Å². The molecule has 8 nitrogen and oxygen atoms in total. The molecule has 0 atom stereocenters. The number of hydrogen-bond acceptors (Lipinski definition) is 6. The first-order valence-corrected chi connectivity index (χ1v) is 7.97. The van der Waals surface area contributed by atoms with Crippen molar-refractivity contribution in [3.8, 4) is 0 Å². The maximum atomic E-state index is 11.5. The SMILES string of the molecule is Cc1cc2c(N3CCN(c4ccc(=O)n(C)n4)CC3)nccn2n1. The zero-order chi connectivity index (χ0) is 16.7. The average Bonchev–Trinajstić information content (AvgIpc) is 2.97. The molecule has 4 rings (SSSR count). The Labute approximate surface area is 138 Å². The summed E-state index contributed by atoms with van der Waals surface area (Å²) in [5.41, 5.74) is 1.92. The van der Waals surface area contributed by atoms with Crippen LogP contribution in [0, 0.1) is 6.92 Å². The Morgan fingerprint density at radius 1 is 1.04 bits per heavy atom. The second kappa shape index (κ2) is 5.63. The standard InChI is InChI=1S/C16H19N7O/c1-12-11-13-16(17-5-6-23(13)18-12)22-9-7-21(8-10-22)14-3-4-15(24)20(2)19-14/h3-6,11H,7-10H2,1-2H3. The van der Waals surface area contributed by atoms with Gasteiger partial charge in [-0.15, -0.1) is 0 Å². The molecule has 8 heteroatoms. The molecule has 124 valence electrons. The van der Waals surface area contributed by atoms with Crippen LogP contribution in [-0.2, 0) is 7.05 Å². The van der Waals surface area contributed by atoms with Crippen LogP contribution >= 0.6 is 0 Å². The zero-order valence-electron chi connectivity index (χ0n) is 13.8. The van der Waals surface area contributed by atoms with Crippen molar-refractivity contribution < 1.29 is 0 Å². The Kier molecular flexibility index (Phi) is 3.44. The predicted octanol–water partition coefficient (Wildman–Crippen LogP) is 0.458. The second-order valence-electron chi connectivity index (χ2n) is 5.99. The number of piperazine rings is 1. The van der Waals surface area contributed by atoms with Crippen LogP contribution in [-0.4, -0.2) is 50.6 Å². The molecule has 4 heterocycles. The van der Waals surface area contributed by atoms with Crippen molar-refractivity contribution in [2.45, 2.75) is 6.92 Å². The molecule has 0 aromatic carbocycles. The first-order valence-electron chi connectivity index (χ1n) is 7.97. The summed E-state index contributed by atoms with van der Waals surface area (Å²) in [6, 6.07) is 5.41. The van der Waals surface area contributed by atoms with Crippen LogP contribution in [0.25, 0.3) is 5.52 Å². The third kappa shape index (κ3) is 2.49. The average molecular weight is 325 g/mol. The highest BCUT2D eigenvalue weighted by Gasteiger charge is 2.21. The topological polar surface area (TPSA) is 71.6 Å². The van der Waals surface area contributed by atoms with Crippen molar-refractivity contribution in [1.82, 2.24) is 24.4 Å². The molecule has 24 heavy (non-hydrogen) atoms. The Balaban J connectivity index is 1.55. The number of aromatic nitrogens is 5. The molecule has 0 unspecified atom stereocenters. The maximum absolute atomic E-state index is 11.5. The monoisotopic (exact) mass is 325 g/mol. The predicted molar refractivity (Wildman–Crippen MR) is 91.6 cm³/mol. The zero-order valence-corrected chi connectivity index (χ0v) is 13.8. The highest BCUT2D eigenvalue weighted by atomic mass is 16.1. The normalized spacial score (nSPS) is 15.2.